The van der Waals surface area contributed by atoms with Crippen LogP contribution in [0.5, 0.6) is 5.75 Å². The summed E-state index contributed by atoms with van der Waals surface area (Å²) in [7, 11) is 2.09. The molecule has 0 saturated carbocycles. The third-order valence-corrected chi connectivity index (χ3v) is 7.61. The summed E-state index contributed by atoms with van der Waals surface area (Å²) in [5, 5.41) is 3.33. The molecule has 0 spiro atoms. The summed E-state index contributed by atoms with van der Waals surface area (Å²) in [6.45, 7) is 10.2. The number of aromatic nitrogens is 1. The van der Waals surface area contributed by atoms with E-state index in [0.717, 1.165) is 29.4 Å². The molecule has 1 aliphatic heterocycles. The van der Waals surface area contributed by atoms with Crippen LogP contribution >= 0.6 is 22.9 Å². The van der Waals surface area contributed by atoms with E-state index in [1.807, 2.05) is 35.7 Å². The second-order valence-corrected chi connectivity index (χ2v) is 10.5. The van der Waals surface area contributed by atoms with Crippen molar-refractivity contribution in [1.82, 2.24) is 4.98 Å². The number of thiophene rings is 1. The van der Waals surface area contributed by atoms with Crippen molar-refractivity contribution < 1.29 is 4.74 Å². The molecule has 0 amide bonds. The largest absolute Gasteiger partial charge is 0.490 e. The first-order valence-corrected chi connectivity index (χ1v) is 12.9. The Balaban J connectivity index is 0.000000149. The minimum atomic E-state index is 0. The van der Waals surface area contributed by atoms with Crippen molar-refractivity contribution >= 4 is 49.6 Å². The summed E-state index contributed by atoms with van der Waals surface area (Å²) in [5.41, 5.74) is 6.16. The predicted molar refractivity (Wildman–Crippen MR) is 159 cm³/mol. The first kappa shape index (κ1) is 27.5. The van der Waals surface area contributed by atoms with E-state index < -0.39 is 0 Å². The number of ether oxygens (including phenoxy) is 1. The maximum Gasteiger partial charge on any atom is 0.142 e. The number of halogens is 1. The van der Waals surface area contributed by atoms with Crippen molar-refractivity contribution in [3.63, 3.8) is 0 Å². The Kier molecular flexibility index (Phi) is 9.36. The Hall–Kier alpha value is -3.08. The number of likely N-dealkylation sites (N-methyl/N-ethyl adjacent to an activating group) is 1. The summed E-state index contributed by atoms with van der Waals surface area (Å²) >= 11 is 7.73. The summed E-state index contributed by atoms with van der Waals surface area (Å²) in [5.74, 6) is 1.02. The van der Waals surface area contributed by atoms with Gasteiger partial charge in [-0.3, -0.25) is 4.98 Å². The molecule has 6 rings (SSSR count). The molecular formula is C31H35ClN2OS. The average Bonchev–Trinajstić information content (AvgIpc) is 3.13. The lowest BCUT2D eigenvalue weighted by Crippen LogP contribution is -2.28. The highest BCUT2D eigenvalue weighted by molar-refractivity contribution is 7.19. The first-order valence-electron chi connectivity index (χ1n) is 11.7. The van der Waals surface area contributed by atoms with Crippen molar-refractivity contribution in [1.29, 1.82) is 0 Å². The highest BCUT2D eigenvalue weighted by Gasteiger charge is 2.13. The zero-order chi connectivity index (χ0) is 24.9. The number of fused-ring (bicyclic) bond motifs is 3. The monoisotopic (exact) mass is 518 g/mol. The Morgan fingerprint density at radius 3 is 2.50 bits per heavy atom. The van der Waals surface area contributed by atoms with Gasteiger partial charge in [0.25, 0.3) is 0 Å². The van der Waals surface area contributed by atoms with Gasteiger partial charge in [-0.25, -0.2) is 0 Å². The molecule has 5 heteroatoms. The summed E-state index contributed by atoms with van der Waals surface area (Å²) in [6.07, 6.45) is 1.83. The number of anilines is 1. The molecule has 0 saturated heterocycles. The number of rotatable bonds is 0. The van der Waals surface area contributed by atoms with E-state index in [9.17, 15) is 0 Å². The average molecular weight is 519 g/mol. The molecule has 36 heavy (non-hydrogen) atoms. The number of aryl methyl sites for hydroxylation is 4. The molecular weight excluding hydrogens is 484 g/mol. The van der Waals surface area contributed by atoms with Gasteiger partial charge in [0.1, 0.15) is 12.4 Å². The SMILES string of the molecule is C.Cc1ccc2c(c1)OCCN2C.Cc1cccc2cccnc12.Cc1sc2ccc(Cl)cc2c1C. The number of hydrogen-bond acceptors (Lipinski definition) is 4. The Bertz CT molecular complexity index is 1460. The minimum absolute atomic E-state index is 0. The van der Waals surface area contributed by atoms with Gasteiger partial charge in [-0.15, -0.1) is 11.3 Å². The molecule has 3 aromatic carbocycles. The molecule has 5 aromatic rings. The smallest absolute Gasteiger partial charge is 0.142 e. The normalized spacial score (nSPS) is 11.9. The fourth-order valence-electron chi connectivity index (χ4n) is 4.04. The van der Waals surface area contributed by atoms with E-state index in [4.69, 9.17) is 16.3 Å². The third-order valence-electron chi connectivity index (χ3n) is 6.18. The molecule has 0 N–H and O–H groups in total. The standard InChI is InChI=1S/C10H9ClS.C10H13NO.C10H9N.CH4/c1-6-7(2)12-10-4-3-8(11)5-9(6)10;1-8-3-4-9-10(7-8)12-6-5-11(9)2;1-8-4-2-5-9-6-3-7-11-10(8)9;/h3-5H,1-2H3;3-4,7H,5-6H2,1-2H3;2-7H,1H3;1H4. The van der Waals surface area contributed by atoms with Crippen LogP contribution in [0.3, 0.4) is 0 Å². The number of pyridine rings is 1. The molecule has 0 aliphatic carbocycles. The molecule has 0 atom stereocenters. The van der Waals surface area contributed by atoms with Crippen molar-refractivity contribution in [2.45, 2.75) is 35.1 Å². The van der Waals surface area contributed by atoms with Crippen LogP contribution < -0.4 is 9.64 Å². The second kappa shape index (κ2) is 12.2. The van der Waals surface area contributed by atoms with Crippen molar-refractivity contribution in [2.24, 2.45) is 0 Å². The van der Waals surface area contributed by atoms with E-state index in [1.54, 1.807) is 0 Å². The van der Waals surface area contributed by atoms with Crippen molar-refractivity contribution in [2.75, 3.05) is 25.1 Å². The van der Waals surface area contributed by atoms with Crippen LogP contribution in [0.4, 0.5) is 5.69 Å². The molecule has 0 unspecified atom stereocenters. The number of benzene rings is 3. The van der Waals surface area contributed by atoms with Crippen LogP contribution in [0, 0.1) is 27.7 Å². The van der Waals surface area contributed by atoms with Gasteiger partial charge in [0.15, 0.2) is 0 Å². The number of para-hydroxylation sites is 1. The summed E-state index contributed by atoms with van der Waals surface area (Å²) in [6, 6.07) is 22.6. The van der Waals surface area contributed by atoms with E-state index in [-0.39, 0.29) is 7.43 Å². The van der Waals surface area contributed by atoms with Crippen LogP contribution in [0.15, 0.2) is 72.9 Å². The van der Waals surface area contributed by atoms with Gasteiger partial charge in [-0.05, 0) is 86.2 Å². The van der Waals surface area contributed by atoms with Gasteiger partial charge < -0.3 is 9.64 Å². The van der Waals surface area contributed by atoms with E-state index in [1.165, 1.54) is 42.7 Å². The van der Waals surface area contributed by atoms with Gasteiger partial charge in [0.05, 0.1) is 17.7 Å². The van der Waals surface area contributed by atoms with E-state index >= 15 is 0 Å². The lowest BCUT2D eigenvalue weighted by atomic mass is 10.1. The summed E-state index contributed by atoms with van der Waals surface area (Å²) in [4.78, 5) is 7.88. The number of hydrogen-bond donors (Lipinski definition) is 0. The van der Waals surface area contributed by atoms with Crippen LogP contribution in [0.1, 0.15) is 29.0 Å². The zero-order valence-corrected chi connectivity index (χ0v) is 22.5. The van der Waals surface area contributed by atoms with Crippen molar-refractivity contribution in [3.05, 3.63) is 99.5 Å². The van der Waals surface area contributed by atoms with E-state index in [2.05, 4.69) is 93.2 Å². The molecule has 0 radical (unpaired) electrons. The van der Waals surface area contributed by atoms with Crippen LogP contribution in [-0.4, -0.2) is 25.2 Å². The fourth-order valence-corrected chi connectivity index (χ4v) is 5.26. The second-order valence-electron chi connectivity index (χ2n) is 8.81. The molecule has 3 heterocycles. The zero-order valence-electron chi connectivity index (χ0n) is 20.9. The van der Waals surface area contributed by atoms with Gasteiger partial charge >= 0.3 is 0 Å². The first-order chi connectivity index (χ1) is 16.8. The third kappa shape index (κ3) is 6.37. The van der Waals surface area contributed by atoms with Gasteiger partial charge in [-0.1, -0.05) is 49.4 Å². The van der Waals surface area contributed by atoms with Crippen LogP contribution in [0.25, 0.3) is 21.0 Å². The topological polar surface area (TPSA) is 25.4 Å². The highest BCUT2D eigenvalue weighted by Crippen LogP contribution is 2.32. The fraction of sp³-hybridized carbons (Fsp3) is 0.258. The van der Waals surface area contributed by atoms with Crippen LogP contribution in [-0.2, 0) is 0 Å². The summed E-state index contributed by atoms with van der Waals surface area (Å²) < 4.78 is 6.86. The lowest BCUT2D eigenvalue weighted by molar-refractivity contribution is 0.311. The van der Waals surface area contributed by atoms with Crippen molar-refractivity contribution in [3.8, 4) is 5.75 Å². The molecule has 0 fully saturated rings. The van der Waals surface area contributed by atoms with Crippen LogP contribution in [0.2, 0.25) is 5.02 Å². The Morgan fingerprint density at radius 1 is 0.944 bits per heavy atom. The Morgan fingerprint density at radius 2 is 1.72 bits per heavy atom. The maximum absolute atomic E-state index is 5.90. The highest BCUT2D eigenvalue weighted by atomic mass is 35.5. The molecule has 0 bridgehead atoms. The maximum atomic E-state index is 5.90. The molecule has 1 aliphatic rings. The minimum Gasteiger partial charge on any atom is -0.490 e. The Labute approximate surface area is 224 Å². The van der Waals surface area contributed by atoms with E-state index in [0.29, 0.717) is 0 Å². The van der Waals surface area contributed by atoms with Gasteiger partial charge in [0, 0.05) is 33.2 Å². The quantitative estimate of drug-likeness (QED) is 0.204. The molecule has 188 valence electrons. The molecule has 2 aromatic heterocycles. The number of nitrogens with zero attached hydrogens (tertiary/aromatic N) is 2. The van der Waals surface area contributed by atoms with Gasteiger partial charge in [-0.2, -0.15) is 0 Å². The van der Waals surface area contributed by atoms with Gasteiger partial charge in [0.2, 0.25) is 0 Å². The predicted octanol–water partition coefficient (Wildman–Crippen LogP) is 9.17. The molecule has 3 nitrogen and oxygen atoms in total. The lowest BCUT2D eigenvalue weighted by Gasteiger charge is -2.27.